The molecule has 0 aliphatic heterocycles. The number of phenolic OH excluding ortho intramolecular Hbond substituents is 1. The van der Waals surface area contributed by atoms with Gasteiger partial charge < -0.3 is 14.7 Å². The van der Waals surface area contributed by atoms with E-state index in [9.17, 15) is 14.7 Å². The van der Waals surface area contributed by atoms with Crippen LogP contribution < -0.4 is 5.90 Å². The molecule has 22 heavy (non-hydrogen) atoms. The third-order valence-corrected chi connectivity index (χ3v) is 3.13. The van der Waals surface area contributed by atoms with E-state index in [1.807, 2.05) is 0 Å². The summed E-state index contributed by atoms with van der Waals surface area (Å²) in [6.07, 6.45) is 0.533. The fourth-order valence-electron chi connectivity index (χ4n) is 1.80. The van der Waals surface area contributed by atoms with Crippen LogP contribution in [-0.2, 0) is 25.6 Å². The van der Waals surface area contributed by atoms with Crippen molar-refractivity contribution in [1.82, 2.24) is 0 Å². The predicted octanol–water partition coefficient (Wildman–Crippen LogP) is 2.35. The Bertz CT molecular complexity index is 553. The molecule has 7 heteroatoms. The number of nitrogens with two attached hydrogens (primary N) is 1. The first kappa shape index (κ1) is 18.3. The maximum atomic E-state index is 12.1. The maximum absolute atomic E-state index is 12.1. The Morgan fingerprint density at radius 3 is 2.45 bits per heavy atom. The van der Waals surface area contributed by atoms with Crippen molar-refractivity contribution in [3.8, 4) is 5.75 Å². The Hall–Kier alpha value is -1.79. The summed E-state index contributed by atoms with van der Waals surface area (Å²) in [5.74, 6) is 2.19. The highest BCUT2D eigenvalue weighted by molar-refractivity contribution is 6.32. The van der Waals surface area contributed by atoms with Gasteiger partial charge in [0.2, 0.25) is 0 Å². The fourth-order valence-corrected chi connectivity index (χ4v) is 2.01. The lowest BCUT2D eigenvalue weighted by atomic mass is 9.99. The number of phenols is 1. The van der Waals surface area contributed by atoms with Crippen molar-refractivity contribution in [3.05, 3.63) is 28.8 Å². The number of esters is 1. The zero-order chi connectivity index (χ0) is 16.9. The summed E-state index contributed by atoms with van der Waals surface area (Å²) in [6.45, 7) is 5.11. The van der Waals surface area contributed by atoms with E-state index in [0.717, 1.165) is 5.56 Å². The number of aryl methyl sites for hydroxylation is 1. The molecule has 0 heterocycles. The minimum atomic E-state index is -1.11. The highest BCUT2D eigenvalue weighted by Crippen LogP contribution is 2.25. The average Bonchev–Trinajstić information content (AvgIpc) is 2.40. The quantitative estimate of drug-likeness (QED) is 0.489. The predicted molar refractivity (Wildman–Crippen MR) is 81.1 cm³/mol. The van der Waals surface area contributed by atoms with Gasteiger partial charge in [-0.1, -0.05) is 17.7 Å². The van der Waals surface area contributed by atoms with E-state index >= 15 is 0 Å². The summed E-state index contributed by atoms with van der Waals surface area (Å²) >= 11 is 5.82. The van der Waals surface area contributed by atoms with E-state index in [2.05, 4.69) is 4.84 Å². The number of aromatic hydroxyl groups is 1. The first-order valence-electron chi connectivity index (χ1n) is 6.75. The summed E-state index contributed by atoms with van der Waals surface area (Å²) in [6, 6.07) is 4.67. The molecule has 0 aliphatic carbocycles. The van der Waals surface area contributed by atoms with E-state index in [-0.39, 0.29) is 17.2 Å². The Balaban J connectivity index is 2.79. The lowest BCUT2D eigenvalue weighted by Crippen LogP contribution is -2.35. The van der Waals surface area contributed by atoms with Crippen molar-refractivity contribution in [1.29, 1.82) is 0 Å². The van der Waals surface area contributed by atoms with Gasteiger partial charge in [-0.3, -0.25) is 4.79 Å². The minimum Gasteiger partial charge on any atom is -0.506 e. The van der Waals surface area contributed by atoms with Crippen molar-refractivity contribution in [2.45, 2.75) is 39.2 Å². The second-order valence-corrected chi connectivity index (χ2v) is 6.25. The Morgan fingerprint density at radius 1 is 1.32 bits per heavy atom. The van der Waals surface area contributed by atoms with Crippen LogP contribution in [0.3, 0.4) is 0 Å². The van der Waals surface area contributed by atoms with Crippen LogP contribution >= 0.6 is 11.6 Å². The summed E-state index contributed by atoms with van der Waals surface area (Å²) in [4.78, 5) is 27.9. The van der Waals surface area contributed by atoms with Crippen LogP contribution in [0.25, 0.3) is 0 Å². The second kappa shape index (κ2) is 7.47. The third kappa shape index (κ3) is 5.54. The van der Waals surface area contributed by atoms with Crippen LogP contribution in [0.4, 0.5) is 0 Å². The van der Waals surface area contributed by atoms with Gasteiger partial charge >= 0.3 is 11.9 Å². The maximum Gasteiger partial charge on any atom is 0.338 e. The van der Waals surface area contributed by atoms with Gasteiger partial charge in [0.1, 0.15) is 11.4 Å². The highest BCUT2D eigenvalue weighted by Gasteiger charge is 2.32. The summed E-state index contributed by atoms with van der Waals surface area (Å²) in [7, 11) is 0. The molecule has 1 aromatic carbocycles. The summed E-state index contributed by atoms with van der Waals surface area (Å²) in [5, 5.41) is 9.57. The van der Waals surface area contributed by atoms with Crippen LogP contribution in [0.2, 0.25) is 5.02 Å². The minimum absolute atomic E-state index is 0.0320. The van der Waals surface area contributed by atoms with Gasteiger partial charge in [-0.25, -0.2) is 4.79 Å². The van der Waals surface area contributed by atoms with Crippen LogP contribution in [0.15, 0.2) is 18.2 Å². The molecule has 1 atom stereocenters. The van der Waals surface area contributed by atoms with Gasteiger partial charge in [0.05, 0.1) is 5.02 Å². The van der Waals surface area contributed by atoms with Crippen molar-refractivity contribution < 1.29 is 24.3 Å². The van der Waals surface area contributed by atoms with Gasteiger partial charge in [0.25, 0.3) is 0 Å². The Kier molecular flexibility index (Phi) is 6.20. The number of hydrogen-bond acceptors (Lipinski definition) is 6. The number of ether oxygens (including phenoxy) is 1. The normalized spacial score (nSPS) is 12.6. The smallest absolute Gasteiger partial charge is 0.338 e. The number of carbonyl (C=O) groups is 2. The molecule has 0 bridgehead atoms. The van der Waals surface area contributed by atoms with Crippen LogP contribution in [-0.4, -0.2) is 22.6 Å². The molecular weight excluding hydrogens is 310 g/mol. The van der Waals surface area contributed by atoms with Crippen LogP contribution in [0, 0.1) is 5.92 Å². The third-order valence-electron chi connectivity index (χ3n) is 2.83. The lowest BCUT2D eigenvalue weighted by molar-refractivity contribution is -0.169. The van der Waals surface area contributed by atoms with Gasteiger partial charge in [-0.05, 0) is 51.3 Å². The summed E-state index contributed by atoms with van der Waals surface area (Å²) in [5.41, 5.74) is 0.0488. The number of benzene rings is 1. The molecule has 1 aromatic rings. The summed E-state index contributed by atoms with van der Waals surface area (Å²) < 4.78 is 5.19. The van der Waals surface area contributed by atoms with E-state index in [0.29, 0.717) is 6.42 Å². The molecule has 0 unspecified atom stereocenters. The van der Waals surface area contributed by atoms with Crippen LogP contribution in [0.5, 0.6) is 5.75 Å². The van der Waals surface area contributed by atoms with Crippen molar-refractivity contribution in [2.24, 2.45) is 11.8 Å². The molecule has 0 saturated heterocycles. The highest BCUT2D eigenvalue weighted by atomic mass is 35.5. The Morgan fingerprint density at radius 2 is 1.95 bits per heavy atom. The lowest BCUT2D eigenvalue weighted by Gasteiger charge is -2.22. The second-order valence-electron chi connectivity index (χ2n) is 5.85. The number of rotatable bonds is 5. The molecule has 0 fully saturated rings. The van der Waals surface area contributed by atoms with Gasteiger partial charge in [0, 0.05) is 0 Å². The average molecular weight is 330 g/mol. The van der Waals surface area contributed by atoms with Gasteiger partial charge in [0.15, 0.2) is 5.92 Å². The molecule has 1 rings (SSSR count). The molecular formula is C15H20ClNO5. The number of halogens is 1. The first-order valence-corrected chi connectivity index (χ1v) is 7.12. The molecule has 6 nitrogen and oxygen atoms in total. The van der Waals surface area contributed by atoms with Gasteiger partial charge in [-0.2, -0.15) is 5.90 Å². The largest absolute Gasteiger partial charge is 0.506 e. The van der Waals surface area contributed by atoms with Crippen molar-refractivity contribution >= 4 is 23.5 Å². The van der Waals surface area contributed by atoms with Crippen LogP contribution in [0.1, 0.15) is 32.8 Å². The molecule has 0 aromatic heterocycles. The monoisotopic (exact) mass is 329 g/mol. The number of carbonyl (C=O) groups excluding carboxylic acids is 2. The van der Waals surface area contributed by atoms with Crippen molar-refractivity contribution in [3.63, 3.8) is 0 Å². The zero-order valence-corrected chi connectivity index (χ0v) is 13.5. The van der Waals surface area contributed by atoms with E-state index in [1.54, 1.807) is 32.9 Å². The van der Waals surface area contributed by atoms with Gasteiger partial charge in [-0.15, -0.1) is 0 Å². The molecule has 3 N–H and O–H groups in total. The van der Waals surface area contributed by atoms with E-state index in [1.165, 1.54) is 6.07 Å². The fraction of sp³-hybridized carbons (Fsp3) is 0.467. The van der Waals surface area contributed by atoms with E-state index in [4.69, 9.17) is 22.2 Å². The molecule has 0 aliphatic rings. The first-order chi connectivity index (χ1) is 10.1. The zero-order valence-electron chi connectivity index (χ0n) is 12.8. The Labute approximate surface area is 134 Å². The molecule has 0 amide bonds. The molecule has 0 spiro atoms. The SMILES string of the molecule is CC(C)(C)OC(=O)[C@H](CCc1ccc(O)c(Cl)c1)C(=O)ON. The molecule has 0 radical (unpaired) electrons. The van der Waals surface area contributed by atoms with E-state index < -0.39 is 23.5 Å². The number of hydrogen-bond donors (Lipinski definition) is 2. The van der Waals surface area contributed by atoms with Crippen molar-refractivity contribution in [2.75, 3.05) is 0 Å². The standard InChI is InChI=1S/C15H20ClNO5/c1-15(2,3)21-13(19)10(14(20)22-17)6-4-9-5-7-12(18)11(16)8-9/h5,7-8,10,18H,4,6,17H2,1-3H3/t10-/m0/s1. The molecule has 122 valence electrons. The topological polar surface area (TPSA) is 98.8 Å². The molecule has 0 saturated carbocycles.